The number of carbonyl (C=O) groups excluding carboxylic acids is 1. The number of nitrogens with one attached hydrogen (secondary N) is 1. The Hall–Kier alpha value is -1.53. The molecule has 6 heteroatoms. The lowest BCUT2D eigenvalue weighted by Crippen LogP contribution is -2.57. The van der Waals surface area contributed by atoms with Gasteiger partial charge in [0.1, 0.15) is 5.60 Å². The van der Waals surface area contributed by atoms with Crippen molar-refractivity contribution < 1.29 is 18.7 Å². The third-order valence-corrected chi connectivity index (χ3v) is 4.50. The summed E-state index contributed by atoms with van der Waals surface area (Å²) in [5.74, 6) is 0. The molecule has 1 aromatic heterocycles. The van der Waals surface area contributed by atoms with Crippen LogP contribution in [-0.2, 0) is 9.47 Å². The van der Waals surface area contributed by atoms with Gasteiger partial charge in [0.05, 0.1) is 30.8 Å². The lowest BCUT2D eigenvalue weighted by atomic mass is 9.89. The maximum atomic E-state index is 12.1. The summed E-state index contributed by atoms with van der Waals surface area (Å²) in [6.07, 6.45) is 4.87. The molecule has 1 atom stereocenters. The van der Waals surface area contributed by atoms with E-state index in [0.29, 0.717) is 19.7 Å². The highest BCUT2D eigenvalue weighted by Gasteiger charge is 2.41. The molecule has 0 saturated carbocycles. The second-order valence-corrected chi connectivity index (χ2v) is 7.45. The Morgan fingerprint density at radius 2 is 2.13 bits per heavy atom. The van der Waals surface area contributed by atoms with Crippen molar-refractivity contribution in [1.82, 2.24) is 10.2 Å². The number of furan rings is 1. The Labute approximate surface area is 137 Å². The molecule has 23 heavy (non-hydrogen) atoms. The summed E-state index contributed by atoms with van der Waals surface area (Å²) in [6, 6.07) is 2.15. The van der Waals surface area contributed by atoms with Crippen molar-refractivity contribution in [2.75, 3.05) is 26.2 Å². The molecular weight excluding hydrogens is 296 g/mol. The number of hydrogen-bond acceptors (Lipinski definition) is 5. The largest absolute Gasteiger partial charge is 0.472 e. The minimum atomic E-state index is -0.451. The zero-order chi connectivity index (χ0) is 16.5. The highest BCUT2D eigenvalue weighted by atomic mass is 16.6. The van der Waals surface area contributed by atoms with Crippen LogP contribution in [0.25, 0.3) is 0 Å². The summed E-state index contributed by atoms with van der Waals surface area (Å²) >= 11 is 0. The van der Waals surface area contributed by atoms with E-state index in [2.05, 4.69) is 5.32 Å². The minimum absolute atomic E-state index is 0.168. The van der Waals surface area contributed by atoms with Gasteiger partial charge in [0.15, 0.2) is 0 Å². The van der Waals surface area contributed by atoms with Crippen LogP contribution in [-0.4, -0.2) is 48.4 Å². The molecule has 2 aliphatic rings. The van der Waals surface area contributed by atoms with Crippen LogP contribution in [0.3, 0.4) is 0 Å². The van der Waals surface area contributed by atoms with E-state index in [9.17, 15) is 4.79 Å². The zero-order valence-electron chi connectivity index (χ0n) is 14.1. The summed E-state index contributed by atoms with van der Waals surface area (Å²) in [5, 5.41) is 3.54. The van der Waals surface area contributed by atoms with Gasteiger partial charge in [0, 0.05) is 25.2 Å². The molecule has 3 heterocycles. The van der Waals surface area contributed by atoms with Crippen LogP contribution < -0.4 is 5.32 Å². The van der Waals surface area contributed by atoms with Gasteiger partial charge < -0.3 is 24.1 Å². The molecule has 0 bridgehead atoms. The smallest absolute Gasteiger partial charge is 0.410 e. The van der Waals surface area contributed by atoms with Gasteiger partial charge in [-0.05, 0) is 39.7 Å². The van der Waals surface area contributed by atoms with E-state index in [0.717, 1.165) is 24.9 Å². The fourth-order valence-electron chi connectivity index (χ4n) is 3.11. The lowest BCUT2D eigenvalue weighted by Gasteiger charge is -2.45. The normalized spacial score (nSPS) is 24.7. The van der Waals surface area contributed by atoms with Crippen LogP contribution in [0.4, 0.5) is 4.79 Å². The van der Waals surface area contributed by atoms with Crippen LogP contribution in [0.15, 0.2) is 23.0 Å². The number of morpholine rings is 1. The Morgan fingerprint density at radius 1 is 1.39 bits per heavy atom. The first kappa shape index (κ1) is 16.3. The molecular formula is C17H26N2O4. The minimum Gasteiger partial charge on any atom is -0.472 e. The Bertz CT molecular complexity index is 517. The van der Waals surface area contributed by atoms with Gasteiger partial charge in [0.25, 0.3) is 0 Å². The molecule has 2 fully saturated rings. The number of rotatable bonds is 1. The number of nitrogens with zero attached hydrogens (tertiary/aromatic N) is 1. The third kappa shape index (κ3) is 3.87. The molecule has 0 unspecified atom stereocenters. The van der Waals surface area contributed by atoms with Crippen molar-refractivity contribution >= 4 is 6.09 Å². The van der Waals surface area contributed by atoms with E-state index >= 15 is 0 Å². The summed E-state index contributed by atoms with van der Waals surface area (Å²) in [5.41, 5.74) is 0.497. The van der Waals surface area contributed by atoms with E-state index in [-0.39, 0.29) is 17.7 Å². The van der Waals surface area contributed by atoms with Gasteiger partial charge in [-0.3, -0.25) is 0 Å². The second-order valence-electron chi connectivity index (χ2n) is 7.45. The average Bonchev–Trinajstić information content (AvgIpc) is 3.01. The highest BCUT2D eigenvalue weighted by molar-refractivity contribution is 5.68. The molecule has 2 aliphatic heterocycles. The van der Waals surface area contributed by atoms with E-state index in [1.807, 2.05) is 26.8 Å². The number of amides is 1. The van der Waals surface area contributed by atoms with Crippen molar-refractivity contribution in [3.63, 3.8) is 0 Å². The topological polar surface area (TPSA) is 63.9 Å². The van der Waals surface area contributed by atoms with Crippen molar-refractivity contribution in [1.29, 1.82) is 0 Å². The van der Waals surface area contributed by atoms with Gasteiger partial charge in [0.2, 0.25) is 0 Å². The maximum absolute atomic E-state index is 12.1. The quantitative estimate of drug-likeness (QED) is 0.861. The van der Waals surface area contributed by atoms with Gasteiger partial charge in [-0.1, -0.05) is 0 Å². The molecule has 128 valence electrons. The molecule has 1 N–H and O–H groups in total. The number of piperidine rings is 1. The maximum Gasteiger partial charge on any atom is 0.410 e. The number of likely N-dealkylation sites (tertiary alicyclic amines) is 1. The predicted molar refractivity (Wildman–Crippen MR) is 85.2 cm³/mol. The van der Waals surface area contributed by atoms with E-state index in [1.54, 1.807) is 17.4 Å². The molecule has 3 rings (SSSR count). The number of ether oxygens (including phenoxy) is 2. The molecule has 0 radical (unpaired) electrons. The second kappa shape index (κ2) is 6.17. The zero-order valence-corrected chi connectivity index (χ0v) is 14.1. The van der Waals surface area contributed by atoms with Crippen LogP contribution in [0.5, 0.6) is 0 Å². The van der Waals surface area contributed by atoms with Crippen molar-refractivity contribution in [2.24, 2.45) is 0 Å². The predicted octanol–water partition coefficient (Wildman–Crippen LogP) is 2.71. The van der Waals surface area contributed by atoms with Crippen LogP contribution in [0.2, 0.25) is 0 Å². The monoisotopic (exact) mass is 322 g/mol. The first-order valence-corrected chi connectivity index (χ1v) is 8.24. The Balaban J connectivity index is 1.50. The number of carbonyl (C=O) groups is 1. The highest BCUT2D eigenvalue weighted by Crippen LogP contribution is 2.32. The average molecular weight is 322 g/mol. The first-order valence-electron chi connectivity index (χ1n) is 8.24. The summed E-state index contributed by atoms with van der Waals surface area (Å²) < 4.78 is 16.8. The molecule has 2 saturated heterocycles. The molecule has 6 nitrogen and oxygen atoms in total. The standard InChI is InChI=1S/C17H26N2O4/c1-16(2,3)23-15(20)19-7-5-17(6-8-19)12-18-14(11-22-17)13-4-9-21-10-13/h4,9-10,14,18H,5-8,11-12H2,1-3H3/t14-/m1/s1. The van der Waals surface area contributed by atoms with Crippen molar-refractivity contribution in [3.8, 4) is 0 Å². The summed E-state index contributed by atoms with van der Waals surface area (Å²) in [6.45, 7) is 8.44. The summed E-state index contributed by atoms with van der Waals surface area (Å²) in [7, 11) is 0. The fourth-order valence-corrected chi connectivity index (χ4v) is 3.11. The number of hydrogen-bond donors (Lipinski definition) is 1. The van der Waals surface area contributed by atoms with E-state index in [1.165, 1.54) is 0 Å². The van der Waals surface area contributed by atoms with Gasteiger partial charge in [-0.15, -0.1) is 0 Å². The summed E-state index contributed by atoms with van der Waals surface area (Å²) in [4.78, 5) is 13.9. The molecule has 1 spiro atoms. The Kier molecular flexibility index (Phi) is 4.38. The molecule has 0 aromatic carbocycles. The third-order valence-electron chi connectivity index (χ3n) is 4.50. The van der Waals surface area contributed by atoms with Crippen LogP contribution in [0, 0.1) is 0 Å². The first-order chi connectivity index (χ1) is 10.9. The molecule has 1 aromatic rings. The van der Waals surface area contributed by atoms with Gasteiger partial charge in [-0.2, -0.15) is 0 Å². The van der Waals surface area contributed by atoms with Gasteiger partial charge in [-0.25, -0.2) is 4.79 Å². The van der Waals surface area contributed by atoms with E-state index in [4.69, 9.17) is 13.9 Å². The van der Waals surface area contributed by atoms with Crippen LogP contribution in [0.1, 0.15) is 45.2 Å². The molecule has 0 aliphatic carbocycles. The SMILES string of the molecule is CC(C)(C)OC(=O)N1CCC2(CC1)CN[C@@H](c1ccoc1)CO2. The van der Waals surface area contributed by atoms with Crippen molar-refractivity contribution in [2.45, 2.75) is 50.9 Å². The Morgan fingerprint density at radius 3 is 2.65 bits per heavy atom. The lowest BCUT2D eigenvalue weighted by molar-refractivity contribution is -0.113. The van der Waals surface area contributed by atoms with E-state index < -0.39 is 5.60 Å². The van der Waals surface area contributed by atoms with Crippen LogP contribution >= 0.6 is 0 Å². The fraction of sp³-hybridized carbons (Fsp3) is 0.706. The van der Waals surface area contributed by atoms with Crippen molar-refractivity contribution in [3.05, 3.63) is 24.2 Å². The van der Waals surface area contributed by atoms with Gasteiger partial charge >= 0.3 is 6.09 Å². The molecule has 1 amide bonds.